The van der Waals surface area contributed by atoms with Crippen LogP contribution in [-0.2, 0) is 9.59 Å². The predicted molar refractivity (Wildman–Crippen MR) is 89.7 cm³/mol. The number of carbonyl (C=O) groups excluding carboxylic acids is 2. The number of hydrogen-bond acceptors (Lipinski definition) is 3. The van der Waals surface area contributed by atoms with Crippen LogP contribution in [0.15, 0.2) is 53.6 Å². The lowest BCUT2D eigenvalue weighted by atomic mass is 10.1. The zero-order chi connectivity index (χ0) is 16.6. The molecule has 0 saturated heterocycles. The molecule has 1 heterocycles. The van der Waals surface area contributed by atoms with Crippen LogP contribution in [0.25, 0.3) is 5.57 Å². The van der Waals surface area contributed by atoms with Gasteiger partial charge in [0.25, 0.3) is 11.8 Å². The second-order valence-electron chi connectivity index (χ2n) is 4.81. The maximum absolute atomic E-state index is 12.8. The minimum absolute atomic E-state index is 0.122. The summed E-state index contributed by atoms with van der Waals surface area (Å²) in [7, 11) is 1.47. The summed E-state index contributed by atoms with van der Waals surface area (Å²) in [5.41, 5.74) is 1.04. The highest BCUT2D eigenvalue weighted by molar-refractivity contribution is 6.60. The van der Waals surface area contributed by atoms with Crippen molar-refractivity contribution in [1.82, 2.24) is 0 Å². The van der Waals surface area contributed by atoms with Crippen LogP contribution in [0, 0.1) is 0 Å². The van der Waals surface area contributed by atoms with Crippen LogP contribution in [0.2, 0.25) is 5.02 Å². The Labute approximate surface area is 142 Å². The molecule has 1 aliphatic rings. The van der Waals surface area contributed by atoms with Crippen molar-refractivity contribution in [2.24, 2.45) is 0 Å². The van der Waals surface area contributed by atoms with E-state index < -0.39 is 11.8 Å². The first-order valence-corrected chi connectivity index (χ1v) is 7.47. The van der Waals surface area contributed by atoms with Crippen molar-refractivity contribution in [3.05, 3.63) is 64.1 Å². The number of hydrogen-bond donors (Lipinski definition) is 0. The number of carbonyl (C=O) groups is 2. The quantitative estimate of drug-likeness (QED) is 0.791. The Morgan fingerprint density at radius 1 is 0.913 bits per heavy atom. The molecule has 3 rings (SSSR count). The first-order chi connectivity index (χ1) is 11.0. The van der Waals surface area contributed by atoms with Crippen molar-refractivity contribution in [3.63, 3.8) is 0 Å². The summed E-state index contributed by atoms with van der Waals surface area (Å²) in [5.74, 6) is -0.658. The normalized spacial score (nSPS) is 14.7. The van der Waals surface area contributed by atoms with Gasteiger partial charge in [0.2, 0.25) is 0 Å². The van der Waals surface area contributed by atoms with Crippen molar-refractivity contribution >= 4 is 46.3 Å². The Kier molecular flexibility index (Phi) is 4.11. The third-order valence-electron chi connectivity index (χ3n) is 3.49. The monoisotopic (exact) mass is 347 g/mol. The van der Waals surface area contributed by atoms with Gasteiger partial charge in [-0.3, -0.25) is 9.59 Å². The molecule has 0 aliphatic carbocycles. The molecule has 23 heavy (non-hydrogen) atoms. The Morgan fingerprint density at radius 3 is 2.22 bits per heavy atom. The summed E-state index contributed by atoms with van der Waals surface area (Å²) in [6.45, 7) is 0. The van der Waals surface area contributed by atoms with Gasteiger partial charge in [-0.05, 0) is 29.8 Å². The van der Waals surface area contributed by atoms with Crippen LogP contribution < -0.4 is 9.64 Å². The SMILES string of the molecule is COc1ccccc1N1C(=O)C(Cl)=C(c2ccc(Cl)cc2)C1=O. The molecule has 0 aromatic heterocycles. The lowest BCUT2D eigenvalue weighted by Gasteiger charge is -2.17. The molecule has 0 N–H and O–H groups in total. The molecule has 2 aromatic rings. The Hall–Kier alpha value is -2.30. The summed E-state index contributed by atoms with van der Waals surface area (Å²) in [4.78, 5) is 26.2. The largest absolute Gasteiger partial charge is 0.495 e. The minimum Gasteiger partial charge on any atom is -0.495 e. The van der Waals surface area contributed by atoms with Crippen LogP contribution in [0.1, 0.15) is 5.56 Å². The summed E-state index contributed by atoms with van der Waals surface area (Å²) in [6.07, 6.45) is 0. The topological polar surface area (TPSA) is 46.6 Å². The molecule has 0 unspecified atom stereocenters. The summed E-state index contributed by atoms with van der Waals surface area (Å²) < 4.78 is 5.22. The predicted octanol–water partition coefficient (Wildman–Crippen LogP) is 3.87. The van der Waals surface area contributed by atoms with Gasteiger partial charge in [-0.2, -0.15) is 0 Å². The van der Waals surface area contributed by atoms with E-state index in [1.807, 2.05) is 0 Å². The molecule has 2 amide bonds. The number of amides is 2. The van der Waals surface area contributed by atoms with E-state index in [1.54, 1.807) is 48.5 Å². The Morgan fingerprint density at radius 2 is 1.57 bits per heavy atom. The van der Waals surface area contributed by atoms with Crippen molar-refractivity contribution in [2.45, 2.75) is 0 Å². The fourth-order valence-electron chi connectivity index (χ4n) is 2.40. The number of halogens is 2. The van der Waals surface area contributed by atoms with Gasteiger partial charge in [0, 0.05) is 5.02 Å². The molecular formula is C17H11Cl2NO3. The highest BCUT2D eigenvalue weighted by Crippen LogP contribution is 2.38. The molecule has 0 atom stereocenters. The van der Waals surface area contributed by atoms with Crippen LogP contribution in [-0.4, -0.2) is 18.9 Å². The van der Waals surface area contributed by atoms with Crippen LogP contribution in [0.5, 0.6) is 5.75 Å². The number of benzene rings is 2. The highest BCUT2D eigenvalue weighted by Gasteiger charge is 2.40. The van der Waals surface area contributed by atoms with E-state index in [2.05, 4.69) is 0 Å². The van der Waals surface area contributed by atoms with Gasteiger partial charge >= 0.3 is 0 Å². The Bertz CT molecular complexity index is 828. The van der Waals surface area contributed by atoms with Crippen molar-refractivity contribution in [3.8, 4) is 5.75 Å². The van der Waals surface area contributed by atoms with E-state index in [0.29, 0.717) is 22.0 Å². The third kappa shape index (κ3) is 2.60. The van der Waals surface area contributed by atoms with Gasteiger partial charge in [-0.1, -0.05) is 47.5 Å². The van der Waals surface area contributed by atoms with Crippen molar-refractivity contribution in [1.29, 1.82) is 0 Å². The van der Waals surface area contributed by atoms with Gasteiger partial charge in [0.1, 0.15) is 10.8 Å². The van der Waals surface area contributed by atoms with Crippen molar-refractivity contribution < 1.29 is 14.3 Å². The third-order valence-corrected chi connectivity index (χ3v) is 4.09. The van der Waals surface area contributed by atoms with Crippen LogP contribution in [0.4, 0.5) is 5.69 Å². The van der Waals surface area contributed by atoms with Crippen LogP contribution in [0.3, 0.4) is 0 Å². The number of nitrogens with zero attached hydrogens (tertiary/aromatic N) is 1. The van der Waals surface area contributed by atoms with E-state index >= 15 is 0 Å². The molecule has 2 aromatic carbocycles. The van der Waals surface area contributed by atoms with E-state index in [0.717, 1.165) is 4.90 Å². The molecule has 6 heteroatoms. The zero-order valence-electron chi connectivity index (χ0n) is 12.0. The molecule has 0 radical (unpaired) electrons. The number of para-hydroxylation sites is 2. The maximum Gasteiger partial charge on any atom is 0.277 e. The summed E-state index contributed by atoms with van der Waals surface area (Å²) >= 11 is 12.0. The lowest BCUT2D eigenvalue weighted by Crippen LogP contribution is -2.31. The van der Waals surface area contributed by atoms with E-state index in [4.69, 9.17) is 27.9 Å². The summed E-state index contributed by atoms with van der Waals surface area (Å²) in [5, 5.41) is 0.409. The minimum atomic E-state index is -0.578. The summed E-state index contributed by atoms with van der Waals surface area (Å²) in [6, 6.07) is 13.3. The number of methoxy groups -OCH3 is 1. The van der Waals surface area contributed by atoms with E-state index in [-0.39, 0.29) is 10.6 Å². The molecule has 0 fully saturated rings. The molecule has 0 spiro atoms. The smallest absolute Gasteiger partial charge is 0.277 e. The van der Waals surface area contributed by atoms with Gasteiger partial charge in [0.05, 0.1) is 18.4 Å². The molecule has 0 bridgehead atoms. The number of rotatable bonds is 3. The average Bonchev–Trinajstić information content (AvgIpc) is 2.78. The average molecular weight is 348 g/mol. The van der Waals surface area contributed by atoms with Gasteiger partial charge in [0.15, 0.2) is 0 Å². The second-order valence-corrected chi connectivity index (χ2v) is 5.63. The fourth-order valence-corrected chi connectivity index (χ4v) is 2.80. The van der Waals surface area contributed by atoms with Gasteiger partial charge in [-0.15, -0.1) is 0 Å². The maximum atomic E-state index is 12.8. The van der Waals surface area contributed by atoms with Crippen LogP contribution >= 0.6 is 23.2 Å². The zero-order valence-corrected chi connectivity index (χ0v) is 13.6. The number of ether oxygens (including phenoxy) is 1. The number of anilines is 1. The number of imide groups is 1. The molecular weight excluding hydrogens is 337 g/mol. The lowest BCUT2D eigenvalue weighted by molar-refractivity contribution is -0.119. The molecule has 0 saturated carbocycles. The second kappa shape index (κ2) is 6.07. The van der Waals surface area contributed by atoms with E-state index in [1.165, 1.54) is 7.11 Å². The molecule has 1 aliphatic heterocycles. The highest BCUT2D eigenvalue weighted by atomic mass is 35.5. The fraction of sp³-hybridized carbons (Fsp3) is 0.0588. The van der Waals surface area contributed by atoms with Gasteiger partial charge < -0.3 is 4.74 Å². The van der Waals surface area contributed by atoms with Crippen molar-refractivity contribution in [2.75, 3.05) is 12.0 Å². The molecule has 116 valence electrons. The first kappa shape index (κ1) is 15.6. The van der Waals surface area contributed by atoms with Gasteiger partial charge in [-0.25, -0.2) is 4.90 Å². The Balaban J connectivity index is 2.07. The molecule has 4 nitrogen and oxygen atoms in total. The standard InChI is InChI=1S/C17H11Cl2NO3/c1-23-13-5-3-2-4-12(13)20-16(21)14(15(19)17(20)22)10-6-8-11(18)9-7-10/h2-9H,1H3. The first-order valence-electron chi connectivity index (χ1n) is 6.72. The van der Waals surface area contributed by atoms with E-state index in [9.17, 15) is 9.59 Å².